The Morgan fingerprint density at radius 1 is 1.03 bits per heavy atom. The number of halogens is 1. The first kappa shape index (κ1) is 23.6. The molecule has 1 spiro atoms. The highest BCUT2D eigenvalue weighted by atomic mass is 32.2. The number of carbonyl (C=O) groups excluding carboxylic acids is 1. The van der Waals surface area contributed by atoms with Crippen molar-refractivity contribution < 1.29 is 22.7 Å². The number of piperidine rings is 1. The van der Waals surface area contributed by atoms with Crippen molar-refractivity contribution >= 4 is 43.8 Å². The number of anilines is 3. The fourth-order valence-corrected chi connectivity index (χ4v) is 5.67. The van der Waals surface area contributed by atoms with E-state index < -0.39 is 22.4 Å². The van der Waals surface area contributed by atoms with Crippen LogP contribution in [0.1, 0.15) is 36.0 Å². The molecule has 0 radical (unpaired) electrons. The van der Waals surface area contributed by atoms with Crippen LogP contribution in [0.25, 0.3) is 10.8 Å². The standard InChI is InChI=1S/C26H28FN3O4S/c27-19-5-4-18-2-1-3-23(22(18)16-19)28-25(32)21-7-6-20(29-35(33,34)15-14-31)17-24(21)30-12-10-26(8-9-26)11-13-30/h1-7,16-17,29,31H,8-15H2,(H,28,32). The summed E-state index contributed by atoms with van der Waals surface area (Å²) in [6.07, 6.45) is 4.56. The van der Waals surface area contributed by atoms with Crippen LogP contribution in [-0.2, 0) is 10.0 Å². The average molecular weight is 498 g/mol. The van der Waals surface area contributed by atoms with Crippen molar-refractivity contribution in [3.63, 3.8) is 0 Å². The number of rotatable bonds is 7. The van der Waals surface area contributed by atoms with E-state index in [0.717, 1.165) is 31.3 Å². The van der Waals surface area contributed by atoms with Crippen LogP contribution in [0.3, 0.4) is 0 Å². The van der Waals surface area contributed by atoms with Crippen LogP contribution in [0.2, 0.25) is 0 Å². The number of nitrogens with one attached hydrogen (secondary N) is 2. The normalized spacial score (nSPS) is 16.9. The summed E-state index contributed by atoms with van der Waals surface area (Å²) >= 11 is 0. The Bertz CT molecular complexity index is 1380. The molecule has 2 fully saturated rings. The average Bonchev–Trinajstić information content (AvgIpc) is 3.58. The summed E-state index contributed by atoms with van der Waals surface area (Å²) in [6, 6.07) is 14.7. The van der Waals surface area contributed by atoms with Crippen LogP contribution in [-0.4, -0.2) is 44.9 Å². The molecule has 1 saturated heterocycles. The lowest BCUT2D eigenvalue weighted by Gasteiger charge is -2.35. The Hall–Kier alpha value is -3.17. The minimum Gasteiger partial charge on any atom is -0.395 e. The Kier molecular flexibility index (Phi) is 6.14. The monoisotopic (exact) mass is 497 g/mol. The first-order valence-corrected chi connectivity index (χ1v) is 13.4. The van der Waals surface area contributed by atoms with Crippen LogP contribution >= 0.6 is 0 Å². The van der Waals surface area contributed by atoms with Gasteiger partial charge in [0.05, 0.1) is 29.3 Å². The molecule has 7 nitrogen and oxygen atoms in total. The molecule has 2 aliphatic rings. The summed E-state index contributed by atoms with van der Waals surface area (Å²) < 4.78 is 40.8. The largest absolute Gasteiger partial charge is 0.395 e. The maximum Gasteiger partial charge on any atom is 0.257 e. The number of carbonyl (C=O) groups is 1. The Labute approximate surface area is 204 Å². The lowest BCUT2D eigenvalue weighted by Crippen LogP contribution is -2.35. The number of hydrogen-bond donors (Lipinski definition) is 3. The van der Waals surface area contributed by atoms with Crippen molar-refractivity contribution in [2.24, 2.45) is 5.41 Å². The van der Waals surface area contributed by atoms with Gasteiger partial charge in [-0.2, -0.15) is 0 Å². The molecule has 9 heteroatoms. The van der Waals surface area contributed by atoms with E-state index in [4.69, 9.17) is 5.11 Å². The number of aliphatic hydroxyl groups excluding tert-OH is 1. The van der Waals surface area contributed by atoms with Crippen molar-refractivity contribution in [2.45, 2.75) is 25.7 Å². The van der Waals surface area contributed by atoms with Gasteiger partial charge in [-0.25, -0.2) is 12.8 Å². The van der Waals surface area contributed by atoms with Crippen molar-refractivity contribution in [3.8, 4) is 0 Å². The van der Waals surface area contributed by atoms with E-state index in [1.165, 1.54) is 25.0 Å². The van der Waals surface area contributed by atoms with Gasteiger partial charge in [-0.3, -0.25) is 9.52 Å². The molecular weight excluding hydrogens is 469 g/mol. The number of benzene rings is 3. The van der Waals surface area contributed by atoms with Crippen molar-refractivity contribution in [1.82, 2.24) is 0 Å². The molecule has 1 aliphatic heterocycles. The molecule has 3 aromatic carbocycles. The predicted molar refractivity (Wildman–Crippen MR) is 136 cm³/mol. The van der Waals surface area contributed by atoms with Crippen LogP contribution < -0.4 is 14.9 Å². The zero-order valence-electron chi connectivity index (χ0n) is 19.3. The van der Waals surface area contributed by atoms with Crippen LogP contribution in [0.5, 0.6) is 0 Å². The minimum absolute atomic E-state index is 0.337. The van der Waals surface area contributed by atoms with E-state index in [1.807, 2.05) is 6.07 Å². The highest BCUT2D eigenvalue weighted by molar-refractivity contribution is 7.92. The van der Waals surface area contributed by atoms with Gasteiger partial charge in [0.2, 0.25) is 10.0 Å². The van der Waals surface area contributed by atoms with Crippen LogP contribution in [0.4, 0.5) is 21.5 Å². The second-order valence-electron chi connectivity index (χ2n) is 9.49. The molecule has 0 bridgehead atoms. The number of sulfonamides is 1. The smallest absolute Gasteiger partial charge is 0.257 e. The molecule has 0 unspecified atom stereocenters. The first-order valence-electron chi connectivity index (χ1n) is 11.8. The Balaban J connectivity index is 1.47. The van der Waals surface area contributed by atoms with Gasteiger partial charge >= 0.3 is 0 Å². The molecule has 3 N–H and O–H groups in total. The quantitative estimate of drug-likeness (QED) is 0.451. The minimum atomic E-state index is -3.71. The Morgan fingerprint density at radius 2 is 1.80 bits per heavy atom. The fraction of sp³-hybridized carbons (Fsp3) is 0.346. The van der Waals surface area contributed by atoms with Gasteiger partial charge in [-0.05, 0) is 72.9 Å². The summed E-state index contributed by atoms with van der Waals surface area (Å²) in [5.41, 5.74) is 2.33. The zero-order chi connectivity index (χ0) is 24.6. The molecular formula is C26H28FN3O4S. The van der Waals surface area contributed by atoms with Gasteiger partial charge in [0.15, 0.2) is 0 Å². The summed E-state index contributed by atoms with van der Waals surface area (Å²) in [7, 11) is -3.71. The van der Waals surface area contributed by atoms with Gasteiger partial charge in [0.1, 0.15) is 5.82 Å². The van der Waals surface area contributed by atoms with Gasteiger partial charge in [-0.15, -0.1) is 0 Å². The maximum atomic E-state index is 13.9. The molecule has 5 rings (SSSR count). The zero-order valence-corrected chi connectivity index (χ0v) is 20.1. The summed E-state index contributed by atoms with van der Waals surface area (Å²) in [4.78, 5) is 15.6. The SMILES string of the molecule is O=C(Nc1cccc2ccc(F)cc12)c1ccc(NS(=O)(=O)CCO)cc1N1CCC2(CC1)CC2. The lowest BCUT2D eigenvalue weighted by molar-refractivity contribution is 0.102. The van der Waals surface area contributed by atoms with Gasteiger partial charge in [0.25, 0.3) is 5.91 Å². The highest BCUT2D eigenvalue weighted by Crippen LogP contribution is 2.54. The molecule has 1 aliphatic carbocycles. The highest BCUT2D eigenvalue weighted by Gasteiger charge is 2.44. The van der Waals surface area contributed by atoms with E-state index >= 15 is 0 Å². The number of aliphatic hydroxyl groups is 1. The van der Waals surface area contributed by atoms with Gasteiger partial charge in [-0.1, -0.05) is 18.2 Å². The second kappa shape index (κ2) is 9.13. The molecule has 184 valence electrons. The third kappa shape index (κ3) is 5.11. The molecule has 35 heavy (non-hydrogen) atoms. The summed E-state index contributed by atoms with van der Waals surface area (Å²) in [6.45, 7) is 1.09. The van der Waals surface area contributed by atoms with E-state index in [9.17, 15) is 17.6 Å². The Morgan fingerprint density at radius 3 is 2.51 bits per heavy atom. The molecule has 1 heterocycles. The van der Waals surface area contributed by atoms with E-state index in [-0.39, 0.29) is 11.7 Å². The van der Waals surface area contributed by atoms with Crippen LogP contribution in [0.15, 0.2) is 54.6 Å². The fourth-order valence-electron chi connectivity index (χ4n) is 4.84. The van der Waals surface area contributed by atoms with Crippen LogP contribution in [0, 0.1) is 11.2 Å². The lowest BCUT2D eigenvalue weighted by atomic mass is 9.93. The van der Waals surface area contributed by atoms with E-state index in [1.54, 1.807) is 36.4 Å². The maximum absolute atomic E-state index is 13.9. The number of fused-ring (bicyclic) bond motifs is 1. The predicted octanol–water partition coefficient (Wildman–Crippen LogP) is 4.35. The summed E-state index contributed by atoms with van der Waals surface area (Å²) in [5, 5.41) is 13.4. The third-order valence-corrected chi connectivity index (χ3v) is 8.36. The van der Waals surface area contributed by atoms with E-state index in [0.29, 0.717) is 33.4 Å². The third-order valence-electron chi connectivity index (χ3n) is 7.09. The number of amides is 1. The van der Waals surface area contributed by atoms with Crippen molar-refractivity contribution in [3.05, 3.63) is 66.0 Å². The molecule has 1 saturated carbocycles. The topological polar surface area (TPSA) is 98.7 Å². The van der Waals surface area contributed by atoms with Gasteiger partial charge < -0.3 is 15.3 Å². The molecule has 0 atom stereocenters. The second-order valence-corrected chi connectivity index (χ2v) is 11.3. The van der Waals surface area contributed by atoms with Crippen molar-refractivity contribution in [2.75, 3.05) is 40.4 Å². The molecule has 3 aromatic rings. The van der Waals surface area contributed by atoms with E-state index in [2.05, 4.69) is 14.9 Å². The summed E-state index contributed by atoms with van der Waals surface area (Å²) in [5.74, 6) is -1.15. The first-order chi connectivity index (χ1) is 16.8. The van der Waals surface area contributed by atoms with Crippen molar-refractivity contribution in [1.29, 1.82) is 0 Å². The number of hydrogen-bond acceptors (Lipinski definition) is 5. The number of nitrogens with zero attached hydrogens (tertiary/aromatic N) is 1. The molecule has 0 aromatic heterocycles. The van der Waals surface area contributed by atoms with Gasteiger partial charge in [0, 0.05) is 24.2 Å². The molecule has 1 amide bonds.